The second-order valence-corrected chi connectivity index (χ2v) is 4.89. The van der Waals surface area contributed by atoms with Crippen molar-refractivity contribution in [2.45, 2.75) is 32.6 Å². The van der Waals surface area contributed by atoms with Gasteiger partial charge in [-0.3, -0.25) is 0 Å². The molecule has 0 bridgehead atoms. The van der Waals surface area contributed by atoms with Gasteiger partial charge in [0.25, 0.3) is 0 Å². The first-order valence-corrected chi connectivity index (χ1v) is 5.38. The topological polar surface area (TPSA) is 37.3 Å². The van der Waals surface area contributed by atoms with Gasteiger partial charge in [0.1, 0.15) is 0 Å². The van der Waals surface area contributed by atoms with Crippen molar-refractivity contribution in [3.63, 3.8) is 0 Å². The van der Waals surface area contributed by atoms with E-state index in [4.69, 9.17) is 5.11 Å². The molecule has 1 N–H and O–H groups in total. The van der Waals surface area contributed by atoms with Gasteiger partial charge in [-0.15, -0.1) is 0 Å². The lowest BCUT2D eigenvalue weighted by Crippen LogP contribution is -2.10. The number of rotatable bonds is 3. The minimum absolute atomic E-state index is 0.162. The van der Waals surface area contributed by atoms with Crippen LogP contribution in [0.5, 0.6) is 0 Å². The summed E-state index contributed by atoms with van der Waals surface area (Å²) in [4.78, 5) is 10.3. The van der Waals surface area contributed by atoms with Gasteiger partial charge in [0, 0.05) is 6.08 Å². The Balaban J connectivity index is 2.69. The van der Waals surface area contributed by atoms with Crippen molar-refractivity contribution in [1.82, 2.24) is 0 Å². The number of carboxylic acids is 1. The molecule has 16 heavy (non-hydrogen) atoms. The Labute approximate surface area is 96.6 Å². The van der Waals surface area contributed by atoms with Crippen molar-refractivity contribution in [2.75, 3.05) is 0 Å². The highest BCUT2D eigenvalue weighted by molar-refractivity contribution is 5.79. The van der Waals surface area contributed by atoms with Gasteiger partial charge in [-0.2, -0.15) is 0 Å². The summed E-state index contributed by atoms with van der Waals surface area (Å²) in [6, 6.07) is 8.30. The normalized spacial score (nSPS) is 11.9. The zero-order chi connectivity index (χ0) is 12.2. The molecule has 0 spiro atoms. The Morgan fingerprint density at radius 1 is 1.25 bits per heavy atom. The van der Waals surface area contributed by atoms with E-state index in [1.807, 2.05) is 12.1 Å². The molecule has 0 fully saturated rings. The largest absolute Gasteiger partial charge is 0.478 e. The lowest BCUT2D eigenvalue weighted by Gasteiger charge is -2.18. The molecule has 0 aromatic heterocycles. The number of carbonyl (C=O) groups is 1. The minimum atomic E-state index is -0.897. The molecule has 0 saturated heterocycles. The maximum Gasteiger partial charge on any atom is 0.327 e. The second-order valence-electron chi connectivity index (χ2n) is 4.89. The Bertz CT molecular complexity index is 380. The summed E-state index contributed by atoms with van der Waals surface area (Å²) in [6.07, 6.45) is 3.50. The molecule has 0 aliphatic heterocycles. The fraction of sp³-hybridized carbons (Fsp3) is 0.357. The predicted octanol–water partition coefficient (Wildman–Crippen LogP) is 3.17. The summed E-state index contributed by atoms with van der Waals surface area (Å²) in [5.74, 6) is -0.897. The quantitative estimate of drug-likeness (QED) is 0.791. The lowest BCUT2D eigenvalue weighted by atomic mass is 9.86. The Morgan fingerprint density at radius 3 is 2.25 bits per heavy atom. The number of benzene rings is 1. The summed E-state index contributed by atoms with van der Waals surface area (Å²) >= 11 is 0. The van der Waals surface area contributed by atoms with Crippen LogP contribution >= 0.6 is 0 Å². The van der Waals surface area contributed by atoms with Crippen LogP contribution in [-0.2, 0) is 16.6 Å². The van der Waals surface area contributed by atoms with E-state index in [1.165, 1.54) is 11.6 Å². The van der Waals surface area contributed by atoms with Crippen LogP contribution in [-0.4, -0.2) is 11.1 Å². The molecular formula is C14H18O2. The molecule has 86 valence electrons. The summed E-state index contributed by atoms with van der Waals surface area (Å²) in [5, 5.41) is 8.46. The van der Waals surface area contributed by atoms with E-state index >= 15 is 0 Å². The first-order valence-electron chi connectivity index (χ1n) is 5.38. The molecular weight excluding hydrogens is 200 g/mol. The third kappa shape index (κ3) is 3.89. The molecule has 0 aliphatic carbocycles. The Morgan fingerprint density at radius 2 is 1.81 bits per heavy atom. The fourth-order valence-electron chi connectivity index (χ4n) is 1.44. The van der Waals surface area contributed by atoms with Crippen LogP contribution in [0, 0.1) is 0 Å². The molecule has 0 heterocycles. The van der Waals surface area contributed by atoms with Gasteiger partial charge in [0.2, 0.25) is 0 Å². The maximum atomic E-state index is 10.3. The SMILES string of the molecule is CC(C)(C)c1ccc(C/C=C/C(=O)O)cc1. The van der Waals surface area contributed by atoms with Crippen LogP contribution < -0.4 is 0 Å². The highest BCUT2D eigenvalue weighted by Crippen LogP contribution is 2.22. The predicted molar refractivity (Wildman–Crippen MR) is 65.6 cm³/mol. The molecule has 0 saturated carbocycles. The fourth-order valence-corrected chi connectivity index (χ4v) is 1.44. The van der Waals surface area contributed by atoms with Gasteiger partial charge in [-0.1, -0.05) is 51.1 Å². The molecule has 0 unspecified atom stereocenters. The van der Waals surface area contributed by atoms with Crippen LogP contribution in [0.1, 0.15) is 31.9 Å². The van der Waals surface area contributed by atoms with E-state index in [9.17, 15) is 4.79 Å². The first-order chi connectivity index (χ1) is 7.39. The van der Waals surface area contributed by atoms with E-state index in [1.54, 1.807) is 6.08 Å². The highest BCUT2D eigenvalue weighted by atomic mass is 16.4. The lowest BCUT2D eigenvalue weighted by molar-refractivity contribution is -0.131. The molecule has 1 rings (SSSR count). The molecule has 1 aromatic rings. The standard InChI is InChI=1S/C14H18O2/c1-14(2,3)12-9-7-11(8-10-12)5-4-6-13(15)16/h4,6-10H,5H2,1-3H3,(H,15,16)/b6-4+. The Hall–Kier alpha value is -1.57. The number of allylic oxidation sites excluding steroid dienone is 1. The summed E-state index contributed by atoms with van der Waals surface area (Å²) in [5.41, 5.74) is 2.58. The maximum absolute atomic E-state index is 10.3. The first kappa shape index (κ1) is 12.5. The Kier molecular flexibility index (Phi) is 3.88. The molecule has 2 heteroatoms. The molecule has 0 radical (unpaired) electrons. The van der Waals surface area contributed by atoms with Crippen molar-refractivity contribution < 1.29 is 9.90 Å². The zero-order valence-corrected chi connectivity index (χ0v) is 10.0. The van der Waals surface area contributed by atoms with Crippen LogP contribution in [0.25, 0.3) is 0 Å². The molecule has 0 atom stereocenters. The highest BCUT2D eigenvalue weighted by Gasteiger charge is 2.12. The second kappa shape index (κ2) is 4.97. The van der Waals surface area contributed by atoms with E-state index in [0.29, 0.717) is 6.42 Å². The average Bonchev–Trinajstić information content (AvgIpc) is 2.16. The van der Waals surface area contributed by atoms with Gasteiger partial charge < -0.3 is 5.11 Å². The number of hydrogen-bond donors (Lipinski definition) is 1. The van der Waals surface area contributed by atoms with E-state index < -0.39 is 5.97 Å². The summed E-state index contributed by atoms with van der Waals surface area (Å²) < 4.78 is 0. The van der Waals surface area contributed by atoms with E-state index in [2.05, 4.69) is 32.9 Å². The monoisotopic (exact) mass is 218 g/mol. The molecule has 0 amide bonds. The van der Waals surface area contributed by atoms with Gasteiger partial charge in [-0.25, -0.2) is 4.79 Å². The van der Waals surface area contributed by atoms with Crippen molar-refractivity contribution in [2.24, 2.45) is 0 Å². The van der Waals surface area contributed by atoms with Gasteiger partial charge >= 0.3 is 5.97 Å². The number of carboxylic acid groups (broad SMARTS) is 1. The van der Waals surface area contributed by atoms with Crippen LogP contribution in [0.15, 0.2) is 36.4 Å². The van der Waals surface area contributed by atoms with Crippen LogP contribution in [0.3, 0.4) is 0 Å². The van der Waals surface area contributed by atoms with Gasteiger partial charge in [-0.05, 0) is 23.0 Å². The number of aliphatic carboxylic acids is 1. The van der Waals surface area contributed by atoms with Crippen LogP contribution in [0.2, 0.25) is 0 Å². The van der Waals surface area contributed by atoms with Crippen LogP contribution in [0.4, 0.5) is 0 Å². The third-order valence-corrected chi connectivity index (χ3v) is 2.43. The zero-order valence-electron chi connectivity index (χ0n) is 10.0. The van der Waals surface area contributed by atoms with Crippen molar-refractivity contribution in [3.05, 3.63) is 47.5 Å². The molecule has 1 aromatic carbocycles. The average molecular weight is 218 g/mol. The van der Waals surface area contributed by atoms with Gasteiger partial charge in [0.15, 0.2) is 0 Å². The van der Waals surface area contributed by atoms with Crippen molar-refractivity contribution in [3.8, 4) is 0 Å². The molecule has 2 nitrogen and oxygen atoms in total. The summed E-state index contributed by atoms with van der Waals surface area (Å²) in [7, 11) is 0. The van der Waals surface area contributed by atoms with Crippen molar-refractivity contribution in [1.29, 1.82) is 0 Å². The smallest absolute Gasteiger partial charge is 0.327 e. The van der Waals surface area contributed by atoms with E-state index in [0.717, 1.165) is 5.56 Å². The molecule has 0 aliphatic rings. The summed E-state index contributed by atoms with van der Waals surface area (Å²) in [6.45, 7) is 6.52. The van der Waals surface area contributed by atoms with Gasteiger partial charge in [0.05, 0.1) is 0 Å². The van der Waals surface area contributed by atoms with E-state index in [-0.39, 0.29) is 5.41 Å². The minimum Gasteiger partial charge on any atom is -0.478 e. The van der Waals surface area contributed by atoms with Crippen molar-refractivity contribution >= 4 is 5.97 Å². The third-order valence-electron chi connectivity index (χ3n) is 2.43. The number of hydrogen-bond acceptors (Lipinski definition) is 1.